The van der Waals surface area contributed by atoms with Gasteiger partial charge in [-0.25, -0.2) is 8.42 Å². The molecule has 0 aliphatic heterocycles. The van der Waals surface area contributed by atoms with Crippen LogP contribution in [0.2, 0.25) is 0 Å². The Balaban J connectivity index is 2.17. The Morgan fingerprint density at radius 3 is 2.71 bits per heavy atom. The summed E-state index contributed by atoms with van der Waals surface area (Å²) in [5, 5.41) is 0. The van der Waals surface area contributed by atoms with Crippen LogP contribution in [-0.4, -0.2) is 26.3 Å². The lowest BCUT2D eigenvalue weighted by molar-refractivity contribution is 0.468. The van der Waals surface area contributed by atoms with Gasteiger partial charge in [-0.3, -0.25) is 0 Å². The first-order valence-electron chi connectivity index (χ1n) is 6.43. The summed E-state index contributed by atoms with van der Waals surface area (Å²) >= 11 is 4.68. The van der Waals surface area contributed by atoms with Crippen LogP contribution in [0.15, 0.2) is 45.1 Å². The summed E-state index contributed by atoms with van der Waals surface area (Å²) in [5.41, 5.74) is 6.44. The van der Waals surface area contributed by atoms with E-state index >= 15 is 0 Å². The highest BCUT2D eigenvalue weighted by molar-refractivity contribution is 9.10. The molecule has 4 nitrogen and oxygen atoms in total. The maximum atomic E-state index is 12.5. The van der Waals surface area contributed by atoms with Gasteiger partial charge in [-0.2, -0.15) is 4.31 Å². The van der Waals surface area contributed by atoms with Gasteiger partial charge in [-0.15, -0.1) is 11.3 Å². The molecule has 0 aliphatic carbocycles. The molecular formula is C14H17BrN2O2S2. The Morgan fingerprint density at radius 1 is 1.29 bits per heavy atom. The fraction of sp³-hybridized carbons (Fsp3) is 0.286. The smallest absolute Gasteiger partial charge is 0.252 e. The summed E-state index contributed by atoms with van der Waals surface area (Å²) in [6.45, 7) is 0.861. The van der Waals surface area contributed by atoms with Crippen LogP contribution in [0.25, 0.3) is 0 Å². The Labute approximate surface area is 137 Å². The molecule has 2 N–H and O–H groups in total. The highest BCUT2D eigenvalue weighted by Crippen LogP contribution is 2.25. The van der Waals surface area contributed by atoms with Gasteiger partial charge in [0, 0.05) is 22.9 Å². The molecule has 7 heteroatoms. The third-order valence-corrected chi connectivity index (χ3v) is 6.90. The van der Waals surface area contributed by atoms with E-state index in [-0.39, 0.29) is 0 Å². The predicted octanol–water partition coefficient (Wildman–Crippen LogP) is 2.83. The number of rotatable bonds is 6. The Kier molecular flexibility index (Phi) is 5.56. The zero-order valence-corrected chi connectivity index (χ0v) is 14.8. The van der Waals surface area contributed by atoms with Gasteiger partial charge in [-0.05, 0) is 42.8 Å². The van der Waals surface area contributed by atoms with Gasteiger partial charge in [0.25, 0.3) is 10.0 Å². The number of hydrogen-bond donors (Lipinski definition) is 1. The molecule has 2 aromatic rings. The molecule has 0 bridgehead atoms. The molecule has 0 spiro atoms. The molecular weight excluding hydrogens is 372 g/mol. The quantitative estimate of drug-likeness (QED) is 0.827. The fourth-order valence-electron chi connectivity index (χ4n) is 1.90. The van der Waals surface area contributed by atoms with Crippen LogP contribution in [0, 0.1) is 0 Å². The first kappa shape index (κ1) is 16.6. The van der Waals surface area contributed by atoms with E-state index in [4.69, 9.17) is 5.73 Å². The second-order valence-corrected chi connectivity index (χ2v) is 9.01. The Morgan fingerprint density at radius 2 is 2.05 bits per heavy atom. The van der Waals surface area contributed by atoms with E-state index in [0.29, 0.717) is 23.7 Å². The molecule has 0 aliphatic rings. The molecule has 1 aromatic heterocycles. The molecule has 0 unspecified atom stereocenters. The minimum atomic E-state index is -3.45. The molecule has 0 radical (unpaired) electrons. The summed E-state index contributed by atoms with van der Waals surface area (Å²) in [7, 11) is -1.86. The van der Waals surface area contributed by atoms with Crippen molar-refractivity contribution in [2.45, 2.75) is 17.2 Å². The molecule has 1 heterocycles. The second kappa shape index (κ2) is 7.02. The van der Waals surface area contributed by atoms with Crippen molar-refractivity contribution in [3.05, 3.63) is 51.3 Å². The third kappa shape index (κ3) is 4.14. The number of benzene rings is 1. The Hall–Kier alpha value is -0.730. The van der Waals surface area contributed by atoms with Gasteiger partial charge in [0.15, 0.2) is 0 Å². The number of halogens is 1. The van der Waals surface area contributed by atoms with Gasteiger partial charge in [0.1, 0.15) is 4.21 Å². The van der Waals surface area contributed by atoms with Gasteiger partial charge >= 0.3 is 0 Å². The largest absolute Gasteiger partial charge is 0.330 e. The summed E-state index contributed by atoms with van der Waals surface area (Å²) in [4.78, 5) is 0.993. The zero-order chi connectivity index (χ0) is 15.5. The van der Waals surface area contributed by atoms with E-state index in [1.54, 1.807) is 13.1 Å². The second-order valence-electron chi connectivity index (χ2n) is 4.65. The van der Waals surface area contributed by atoms with Crippen LogP contribution >= 0.6 is 27.3 Å². The van der Waals surface area contributed by atoms with Crippen molar-refractivity contribution in [1.82, 2.24) is 4.31 Å². The van der Waals surface area contributed by atoms with Crippen LogP contribution in [0.3, 0.4) is 0 Å². The zero-order valence-electron chi connectivity index (χ0n) is 11.6. The average molecular weight is 389 g/mol. The van der Waals surface area contributed by atoms with Crippen molar-refractivity contribution in [1.29, 1.82) is 0 Å². The Bertz CT molecular complexity index is 713. The van der Waals surface area contributed by atoms with Crippen molar-refractivity contribution >= 4 is 37.3 Å². The first-order valence-corrected chi connectivity index (χ1v) is 9.48. The summed E-state index contributed by atoms with van der Waals surface area (Å²) < 4.78 is 27.7. The highest BCUT2D eigenvalue weighted by atomic mass is 79.9. The van der Waals surface area contributed by atoms with Crippen molar-refractivity contribution in [3.63, 3.8) is 0 Å². The van der Waals surface area contributed by atoms with Crippen LogP contribution in [0.1, 0.15) is 10.4 Å². The molecule has 0 saturated carbocycles. The van der Waals surface area contributed by atoms with Crippen LogP contribution in [0.4, 0.5) is 0 Å². The van der Waals surface area contributed by atoms with E-state index in [9.17, 15) is 8.42 Å². The fourth-order valence-corrected chi connectivity index (χ4v) is 5.09. The normalized spacial score (nSPS) is 12.0. The lowest BCUT2D eigenvalue weighted by atomic mass is 10.2. The monoisotopic (exact) mass is 388 g/mol. The van der Waals surface area contributed by atoms with Crippen molar-refractivity contribution in [2.75, 3.05) is 13.6 Å². The van der Waals surface area contributed by atoms with E-state index < -0.39 is 10.0 Å². The molecule has 1 aromatic carbocycles. The van der Waals surface area contributed by atoms with Crippen molar-refractivity contribution in [2.24, 2.45) is 5.73 Å². The average Bonchev–Trinajstić information content (AvgIpc) is 2.88. The SMILES string of the molecule is CN(Cc1cccc(Br)c1)S(=O)(=O)c1ccc(CCN)s1. The number of sulfonamides is 1. The third-order valence-electron chi connectivity index (χ3n) is 2.99. The summed E-state index contributed by atoms with van der Waals surface area (Å²) in [5.74, 6) is 0. The molecule has 0 amide bonds. The standard InChI is InChI=1S/C14H17BrN2O2S2/c1-17(10-11-3-2-4-12(15)9-11)21(18,19)14-6-5-13(20-14)7-8-16/h2-6,9H,7-8,10,16H2,1H3. The van der Waals surface area contributed by atoms with Gasteiger partial charge in [0.05, 0.1) is 0 Å². The minimum absolute atomic E-state index is 0.339. The lowest BCUT2D eigenvalue weighted by Crippen LogP contribution is -2.25. The molecule has 0 atom stereocenters. The first-order chi connectivity index (χ1) is 9.93. The number of thiophene rings is 1. The number of nitrogens with two attached hydrogens (primary N) is 1. The van der Waals surface area contributed by atoms with Gasteiger partial charge < -0.3 is 5.73 Å². The van der Waals surface area contributed by atoms with Crippen LogP contribution < -0.4 is 5.73 Å². The minimum Gasteiger partial charge on any atom is -0.330 e. The maximum absolute atomic E-state index is 12.5. The predicted molar refractivity (Wildman–Crippen MR) is 89.9 cm³/mol. The molecule has 2 rings (SSSR count). The van der Waals surface area contributed by atoms with Crippen LogP contribution in [0.5, 0.6) is 0 Å². The molecule has 21 heavy (non-hydrogen) atoms. The lowest BCUT2D eigenvalue weighted by Gasteiger charge is -2.16. The number of hydrogen-bond acceptors (Lipinski definition) is 4. The summed E-state index contributed by atoms with van der Waals surface area (Å²) in [6.07, 6.45) is 0.704. The molecule has 114 valence electrons. The number of nitrogens with zero attached hydrogens (tertiary/aromatic N) is 1. The highest BCUT2D eigenvalue weighted by Gasteiger charge is 2.22. The molecule has 0 saturated heterocycles. The van der Waals surface area contributed by atoms with Gasteiger partial charge in [0.2, 0.25) is 0 Å². The maximum Gasteiger partial charge on any atom is 0.252 e. The summed E-state index contributed by atoms with van der Waals surface area (Å²) in [6, 6.07) is 11.1. The van der Waals surface area contributed by atoms with E-state index in [1.807, 2.05) is 30.3 Å². The van der Waals surface area contributed by atoms with E-state index in [0.717, 1.165) is 14.9 Å². The topological polar surface area (TPSA) is 63.4 Å². The van der Waals surface area contributed by atoms with Crippen molar-refractivity contribution in [3.8, 4) is 0 Å². The van der Waals surface area contributed by atoms with E-state index in [1.165, 1.54) is 15.6 Å². The van der Waals surface area contributed by atoms with E-state index in [2.05, 4.69) is 15.9 Å². The van der Waals surface area contributed by atoms with Gasteiger partial charge in [-0.1, -0.05) is 28.1 Å². The van der Waals surface area contributed by atoms with Crippen LogP contribution in [-0.2, 0) is 23.0 Å². The molecule has 0 fully saturated rings. The van der Waals surface area contributed by atoms with Crippen molar-refractivity contribution < 1.29 is 8.42 Å².